The standard InChI is InChI=1S/C11H12N2O2/c1-3-13-11(14)10-6-9(15-2)5-4-8(10)7-12-13/h4-7H,3H2,1-2H3. The normalized spacial score (nSPS) is 10.5. The highest BCUT2D eigenvalue weighted by molar-refractivity contribution is 5.82. The molecule has 1 aromatic heterocycles. The summed E-state index contributed by atoms with van der Waals surface area (Å²) < 4.78 is 6.51. The molecule has 0 bridgehead atoms. The van der Waals surface area contributed by atoms with E-state index >= 15 is 0 Å². The number of hydrogen-bond donors (Lipinski definition) is 0. The molecule has 4 heteroatoms. The van der Waals surface area contributed by atoms with Crippen LogP contribution in [0.1, 0.15) is 6.92 Å². The highest BCUT2D eigenvalue weighted by Crippen LogP contribution is 2.16. The molecule has 0 aliphatic carbocycles. The lowest BCUT2D eigenvalue weighted by atomic mass is 10.2. The first-order valence-corrected chi connectivity index (χ1v) is 4.80. The maximum Gasteiger partial charge on any atom is 0.274 e. The summed E-state index contributed by atoms with van der Waals surface area (Å²) in [4.78, 5) is 11.9. The van der Waals surface area contributed by atoms with Gasteiger partial charge in [0.15, 0.2) is 0 Å². The van der Waals surface area contributed by atoms with Gasteiger partial charge < -0.3 is 4.74 Å². The van der Waals surface area contributed by atoms with E-state index in [0.717, 1.165) is 5.39 Å². The summed E-state index contributed by atoms with van der Waals surface area (Å²) in [5, 5.41) is 5.53. The van der Waals surface area contributed by atoms with Crippen molar-refractivity contribution in [3.8, 4) is 5.75 Å². The van der Waals surface area contributed by atoms with Gasteiger partial charge in [-0.1, -0.05) is 0 Å². The van der Waals surface area contributed by atoms with Gasteiger partial charge in [0.1, 0.15) is 5.75 Å². The third kappa shape index (κ3) is 1.58. The molecule has 15 heavy (non-hydrogen) atoms. The average molecular weight is 204 g/mol. The zero-order valence-electron chi connectivity index (χ0n) is 8.73. The zero-order chi connectivity index (χ0) is 10.8. The summed E-state index contributed by atoms with van der Waals surface area (Å²) in [6.45, 7) is 2.46. The first-order chi connectivity index (χ1) is 7.26. The smallest absolute Gasteiger partial charge is 0.274 e. The van der Waals surface area contributed by atoms with Gasteiger partial charge in [0.2, 0.25) is 0 Å². The van der Waals surface area contributed by atoms with Crippen molar-refractivity contribution in [2.45, 2.75) is 13.5 Å². The molecule has 0 unspecified atom stereocenters. The number of methoxy groups -OCH3 is 1. The predicted molar refractivity (Wildman–Crippen MR) is 58.2 cm³/mol. The van der Waals surface area contributed by atoms with Gasteiger partial charge in [-0.15, -0.1) is 0 Å². The number of hydrogen-bond acceptors (Lipinski definition) is 3. The van der Waals surface area contributed by atoms with Gasteiger partial charge in [-0.05, 0) is 25.1 Å². The Kier molecular flexibility index (Phi) is 2.41. The Morgan fingerprint density at radius 3 is 2.93 bits per heavy atom. The van der Waals surface area contributed by atoms with Crippen molar-refractivity contribution in [1.29, 1.82) is 0 Å². The quantitative estimate of drug-likeness (QED) is 0.743. The lowest BCUT2D eigenvalue weighted by molar-refractivity contribution is 0.415. The van der Waals surface area contributed by atoms with Crippen LogP contribution >= 0.6 is 0 Å². The predicted octanol–water partition coefficient (Wildman–Crippen LogP) is 1.43. The van der Waals surface area contributed by atoms with Crippen molar-refractivity contribution in [1.82, 2.24) is 9.78 Å². The largest absolute Gasteiger partial charge is 0.497 e. The second-order valence-corrected chi connectivity index (χ2v) is 3.22. The van der Waals surface area contributed by atoms with Crippen LogP contribution in [0.25, 0.3) is 10.8 Å². The summed E-state index contributed by atoms with van der Waals surface area (Å²) in [6, 6.07) is 5.40. The van der Waals surface area contributed by atoms with Crippen LogP contribution in [0.5, 0.6) is 5.75 Å². The molecular formula is C11H12N2O2. The monoisotopic (exact) mass is 204 g/mol. The maximum absolute atomic E-state index is 11.9. The van der Waals surface area contributed by atoms with Crippen molar-refractivity contribution in [3.05, 3.63) is 34.7 Å². The summed E-state index contributed by atoms with van der Waals surface area (Å²) in [5.74, 6) is 0.688. The summed E-state index contributed by atoms with van der Waals surface area (Å²) in [7, 11) is 1.58. The van der Waals surface area contributed by atoms with Crippen LogP contribution in [-0.4, -0.2) is 16.9 Å². The van der Waals surface area contributed by atoms with Gasteiger partial charge >= 0.3 is 0 Å². The van der Waals surface area contributed by atoms with Gasteiger partial charge in [0.05, 0.1) is 18.7 Å². The molecule has 0 fully saturated rings. The van der Waals surface area contributed by atoms with Crippen LogP contribution in [0.4, 0.5) is 0 Å². The Labute approximate surface area is 87.1 Å². The molecule has 0 N–H and O–H groups in total. The Bertz CT molecular complexity index is 541. The molecule has 1 aromatic carbocycles. The first-order valence-electron chi connectivity index (χ1n) is 4.80. The molecule has 0 radical (unpaired) electrons. The van der Waals surface area contributed by atoms with E-state index < -0.39 is 0 Å². The molecule has 0 aliphatic rings. The highest BCUT2D eigenvalue weighted by Gasteiger charge is 2.03. The molecule has 1 heterocycles. The van der Waals surface area contributed by atoms with Gasteiger partial charge in [-0.2, -0.15) is 5.10 Å². The molecule has 0 spiro atoms. The highest BCUT2D eigenvalue weighted by atomic mass is 16.5. The molecular weight excluding hydrogens is 192 g/mol. The van der Waals surface area contributed by atoms with E-state index in [1.165, 1.54) is 4.68 Å². The van der Waals surface area contributed by atoms with E-state index in [1.54, 1.807) is 19.4 Å². The fourth-order valence-corrected chi connectivity index (χ4v) is 1.51. The molecule has 0 saturated heterocycles. The Morgan fingerprint density at radius 1 is 1.47 bits per heavy atom. The Hall–Kier alpha value is -1.84. The molecule has 0 atom stereocenters. The molecule has 4 nitrogen and oxygen atoms in total. The third-order valence-corrected chi connectivity index (χ3v) is 2.36. The van der Waals surface area contributed by atoms with Crippen molar-refractivity contribution in [2.24, 2.45) is 0 Å². The van der Waals surface area contributed by atoms with Crippen LogP contribution < -0.4 is 10.3 Å². The number of nitrogens with zero attached hydrogens (tertiary/aromatic N) is 2. The third-order valence-electron chi connectivity index (χ3n) is 2.36. The first kappa shape index (κ1) is 9.71. The minimum absolute atomic E-state index is 0.0751. The second kappa shape index (κ2) is 3.73. The van der Waals surface area contributed by atoms with Crippen LogP contribution in [0.3, 0.4) is 0 Å². The minimum Gasteiger partial charge on any atom is -0.497 e. The topological polar surface area (TPSA) is 44.1 Å². The summed E-state index contributed by atoms with van der Waals surface area (Å²) >= 11 is 0. The van der Waals surface area contributed by atoms with Gasteiger partial charge in [0.25, 0.3) is 5.56 Å². The van der Waals surface area contributed by atoms with E-state index in [9.17, 15) is 4.79 Å². The van der Waals surface area contributed by atoms with Crippen LogP contribution in [-0.2, 0) is 6.54 Å². The zero-order valence-corrected chi connectivity index (χ0v) is 8.73. The number of aromatic nitrogens is 2. The number of aryl methyl sites for hydroxylation is 1. The van der Waals surface area contributed by atoms with Crippen LogP contribution in [0.15, 0.2) is 29.2 Å². The average Bonchev–Trinajstić information content (AvgIpc) is 2.29. The van der Waals surface area contributed by atoms with Crippen molar-refractivity contribution in [2.75, 3.05) is 7.11 Å². The van der Waals surface area contributed by atoms with Crippen molar-refractivity contribution in [3.63, 3.8) is 0 Å². The maximum atomic E-state index is 11.9. The summed E-state index contributed by atoms with van der Waals surface area (Å²) in [5.41, 5.74) is -0.0751. The van der Waals surface area contributed by atoms with Gasteiger partial charge in [-0.3, -0.25) is 4.79 Å². The Morgan fingerprint density at radius 2 is 2.27 bits per heavy atom. The molecule has 0 aliphatic heterocycles. The van der Waals surface area contributed by atoms with Gasteiger partial charge in [0, 0.05) is 11.9 Å². The fraction of sp³-hybridized carbons (Fsp3) is 0.273. The molecule has 78 valence electrons. The van der Waals surface area contributed by atoms with E-state index in [4.69, 9.17) is 4.74 Å². The van der Waals surface area contributed by atoms with E-state index in [1.807, 2.05) is 19.1 Å². The minimum atomic E-state index is -0.0751. The number of rotatable bonds is 2. The SMILES string of the molecule is CCn1ncc2ccc(OC)cc2c1=O. The number of fused-ring (bicyclic) bond motifs is 1. The lowest BCUT2D eigenvalue weighted by Gasteiger charge is -2.04. The van der Waals surface area contributed by atoms with E-state index in [2.05, 4.69) is 5.10 Å². The molecule has 2 rings (SSSR count). The van der Waals surface area contributed by atoms with Crippen molar-refractivity contribution < 1.29 is 4.74 Å². The van der Waals surface area contributed by atoms with Crippen molar-refractivity contribution >= 4 is 10.8 Å². The number of benzene rings is 1. The molecule has 2 aromatic rings. The summed E-state index contributed by atoms with van der Waals surface area (Å²) in [6.07, 6.45) is 1.69. The second-order valence-electron chi connectivity index (χ2n) is 3.22. The van der Waals surface area contributed by atoms with E-state index in [0.29, 0.717) is 17.7 Å². The van der Waals surface area contributed by atoms with Crippen LogP contribution in [0.2, 0.25) is 0 Å². The van der Waals surface area contributed by atoms with Gasteiger partial charge in [-0.25, -0.2) is 4.68 Å². The molecule has 0 saturated carbocycles. The fourth-order valence-electron chi connectivity index (χ4n) is 1.51. The van der Waals surface area contributed by atoms with E-state index in [-0.39, 0.29) is 5.56 Å². The molecule has 0 amide bonds. The lowest BCUT2D eigenvalue weighted by Crippen LogP contribution is -2.21. The Balaban J connectivity index is 2.78. The number of ether oxygens (including phenoxy) is 1. The van der Waals surface area contributed by atoms with Crippen LogP contribution in [0, 0.1) is 0 Å².